The van der Waals surface area contributed by atoms with Crippen molar-refractivity contribution in [1.29, 1.82) is 0 Å². The summed E-state index contributed by atoms with van der Waals surface area (Å²) in [7, 11) is 0. The summed E-state index contributed by atoms with van der Waals surface area (Å²) in [6, 6.07) is 5.23. The Hall–Kier alpha value is -0.930. The zero-order valence-electron chi connectivity index (χ0n) is 11.0. The van der Waals surface area contributed by atoms with Gasteiger partial charge in [-0.05, 0) is 49.0 Å². The van der Waals surface area contributed by atoms with Gasteiger partial charge in [0.1, 0.15) is 5.82 Å². The van der Waals surface area contributed by atoms with E-state index < -0.39 is 0 Å². The van der Waals surface area contributed by atoms with E-state index in [0.29, 0.717) is 12.1 Å². The smallest absolute Gasteiger partial charge is 0.126 e. The van der Waals surface area contributed by atoms with Crippen LogP contribution in [0.4, 0.5) is 4.39 Å². The lowest BCUT2D eigenvalue weighted by atomic mass is 9.90. The van der Waals surface area contributed by atoms with Crippen molar-refractivity contribution in [1.82, 2.24) is 5.32 Å². The first-order chi connectivity index (χ1) is 7.94. The lowest BCUT2D eigenvalue weighted by Gasteiger charge is -2.22. The van der Waals surface area contributed by atoms with Crippen molar-refractivity contribution in [3.8, 4) is 0 Å². The first-order valence-corrected chi connectivity index (χ1v) is 6.10. The van der Waals surface area contributed by atoms with E-state index in [9.17, 15) is 4.39 Å². The number of halogens is 1. The number of nitrogens with one attached hydrogen (secondary N) is 1. The molecule has 3 N–H and O–H groups in total. The van der Waals surface area contributed by atoms with Crippen LogP contribution in [0.5, 0.6) is 0 Å². The molecule has 1 rings (SSSR count). The Morgan fingerprint density at radius 1 is 1.35 bits per heavy atom. The van der Waals surface area contributed by atoms with Crippen LogP contribution in [0.3, 0.4) is 0 Å². The van der Waals surface area contributed by atoms with E-state index in [2.05, 4.69) is 19.2 Å². The minimum Gasteiger partial charge on any atom is -0.330 e. The predicted molar refractivity (Wildman–Crippen MR) is 70.3 cm³/mol. The van der Waals surface area contributed by atoms with Crippen LogP contribution >= 0.6 is 0 Å². The normalized spacial score (nSPS) is 11.8. The molecule has 0 saturated heterocycles. The highest BCUT2D eigenvalue weighted by molar-refractivity contribution is 5.23. The zero-order valence-corrected chi connectivity index (χ0v) is 11.0. The summed E-state index contributed by atoms with van der Waals surface area (Å²) in [6.07, 6.45) is 1.05. The van der Waals surface area contributed by atoms with Gasteiger partial charge in [0.05, 0.1) is 0 Å². The van der Waals surface area contributed by atoms with Gasteiger partial charge in [-0.25, -0.2) is 4.39 Å². The Morgan fingerprint density at radius 2 is 2.06 bits per heavy atom. The van der Waals surface area contributed by atoms with E-state index in [-0.39, 0.29) is 11.2 Å². The van der Waals surface area contributed by atoms with Crippen molar-refractivity contribution in [3.05, 3.63) is 35.1 Å². The van der Waals surface area contributed by atoms with Crippen molar-refractivity contribution in [2.24, 2.45) is 11.1 Å². The predicted octanol–water partition coefficient (Wildman–Crippen LogP) is 2.60. The van der Waals surface area contributed by atoms with Gasteiger partial charge in [0.25, 0.3) is 0 Å². The molecule has 0 fully saturated rings. The summed E-state index contributed by atoms with van der Waals surface area (Å²) in [5, 5.41) is 3.36. The van der Waals surface area contributed by atoms with Crippen LogP contribution in [-0.2, 0) is 6.54 Å². The molecule has 0 aliphatic carbocycles. The molecule has 1 aromatic carbocycles. The minimum absolute atomic E-state index is 0.141. The van der Waals surface area contributed by atoms with E-state index in [1.807, 2.05) is 12.1 Å². The van der Waals surface area contributed by atoms with Crippen LogP contribution in [0.1, 0.15) is 31.4 Å². The van der Waals surface area contributed by atoms with Crippen molar-refractivity contribution in [2.75, 3.05) is 13.1 Å². The first-order valence-electron chi connectivity index (χ1n) is 6.10. The topological polar surface area (TPSA) is 38.0 Å². The van der Waals surface area contributed by atoms with Gasteiger partial charge in [-0.2, -0.15) is 0 Å². The number of nitrogens with two attached hydrogens (primary N) is 1. The second kappa shape index (κ2) is 6.12. The quantitative estimate of drug-likeness (QED) is 0.748. The van der Waals surface area contributed by atoms with Gasteiger partial charge >= 0.3 is 0 Å². The highest BCUT2D eigenvalue weighted by Crippen LogP contribution is 2.16. The van der Waals surface area contributed by atoms with E-state index >= 15 is 0 Å². The van der Waals surface area contributed by atoms with Crippen LogP contribution in [0.25, 0.3) is 0 Å². The molecule has 2 nitrogen and oxygen atoms in total. The van der Waals surface area contributed by atoms with Gasteiger partial charge in [-0.1, -0.05) is 26.0 Å². The molecule has 0 spiro atoms. The average molecular weight is 238 g/mol. The molecule has 0 unspecified atom stereocenters. The molecule has 0 radical (unpaired) electrons. The fraction of sp³-hybridized carbons (Fsp3) is 0.571. The molecule has 3 heteroatoms. The van der Waals surface area contributed by atoms with Crippen molar-refractivity contribution in [2.45, 2.75) is 33.7 Å². The SMILES string of the molecule is Cc1cc(CNCCC(C)(C)CN)ccc1F. The Labute approximate surface area is 103 Å². The minimum atomic E-state index is -0.141. The Bertz CT molecular complexity index is 361. The number of hydrogen-bond acceptors (Lipinski definition) is 2. The zero-order chi connectivity index (χ0) is 12.9. The van der Waals surface area contributed by atoms with Gasteiger partial charge in [0, 0.05) is 6.54 Å². The molecule has 0 bridgehead atoms. The molecule has 0 atom stereocenters. The summed E-state index contributed by atoms with van der Waals surface area (Å²) in [5.74, 6) is -0.141. The largest absolute Gasteiger partial charge is 0.330 e. The van der Waals surface area contributed by atoms with E-state index in [1.54, 1.807) is 6.92 Å². The standard InChI is InChI=1S/C14H23FN2/c1-11-8-12(4-5-13(11)15)9-17-7-6-14(2,3)10-16/h4-5,8,17H,6-7,9-10,16H2,1-3H3. The lowest BCUT2D eigenvalue weighted by molar-refractivity contribution is 0.339. The Balaban J connectivity index is 2.34. The van der Waals surface area contributed by atoms with Crippen molar-refractivity contribution < 1.29 is 4.39 Å². The van der Waals surface area contributed by atoms with Gasteiger partial charge in [-0.3, -0.25) is 0 Å². The maximum atomic E-state index is 13.1. The molecule has 0 aliphatic heterocycles. The second-order valence-electron chi connectivity index (χ2n) is 5.38. The molecule has 0 heterocycles. The molecule has 0 aliphatic rings. The van der Waals surface area contributed by atoms with Crippen molar-refractivity contribution >= 4 is 0 Å². The molecule has 0 aromatic heterocycles. The third-order valence-electron chi connectivity index (χ3n) is 3.08. The summed E-state index contributed by atoms with van der Waals surface area (Å²) >= 11 is 0. The van der Waals surface area contributed by atoms with Crippen molar-refractivity contribution in [3.63, 3.8) is 0 Å². The van der Waals surface area contributed by atoms with Gasteiger partial charge in [0.2, 0.25) is 0 Å². The molecule has 0 amide bonds. The first kappa shape index (κ1) is 14.1. The summed E-state index contributed by atoms with van der Waals surface area (Å²) < 4.78 is 13.1. The van der Waals surface area contributed by atoms with Crippen LogP contribution in [-0.4, -0.2) is 13.1 Å². The second-order valence-corrected chi connectivity index (χ2v) is 5.38. The van der Waals surface area contributed by atoms with Crippen LogP contribution < -0.4 is 11.1 Å². The van der Waals surface area contributed by atoms with Gasteiger partial charge in [-0.15, -0.1) is 0 Å². The summed E-state index contributed by atoms with van der Waals surface area (Å²) in [4.78, 5) is 0. The van der Waals surface area contributed by atoms with Crippen LogP contribution in [0.15, 0.2) is 18.2 Å². The number of aryl methyl sites for hydroxylation is 1. The number of hydrogen-bond donors (Lipinski definition) is 2. The van der Waals surface area contributed by atoms with E-state index in [4.69, 9.17) is 5.73 Å². The molecule has 0 saturated carbocycles. The number of benzene rings is 1. The Kier molecular flexibility index (Phi) is 5.09. The molecule has 96 valence electrons. The molecular formula is C14H23FN2. The molecule has 1 aromatic rings. The average Bonchev–Trinajstić information content (AvgIpc) is 2.29. The molecule has 17 heavy (non-hydrogen) atoms. The Morgan fingerprint density at radius 3 is 2.65 bits per heavy atom. The summed E-state index contributed by atoms with van der Waals surface area (Å²) in [6.45, 7) is 8.52. The van der Waals surface area contributed by atoms with Gasteiger partial charge < -0.3 is 11.1 Å². The maximum absolute atomic E-state index is 13.1. The van der Waals surface area contributed by atoms with Gasteiger partial charge in [0.15, 0.2) is 0 Å². The highest BCUT2D eigenvalue weighted by Gasteiger charge is 2.14. The monoisotopic (exact) mass is 238 g/mol. The third-order valence-corrected chi connectivity index (χ3v) is 3.08. The van der Waals surface area contributed by atoms with E-state index in [1.165, 1.54) is 6.07 Å². The van der Waals surface area contributed by atoms with Crippen LogP contribution in [0, 0.1) is 18.2 Å². The maximum Gasteiger partial charge on any atom is 0.126 e. The highest BCUT2D eigenvalue weighted by atomic mass is 19.1. The third kappa shape index (κ3) is 4.84. The fourth-order valence-corrected chi connectivity index (χ4v) is 1.58. The van der Waals surface area contributed by atoms with Crippen LogP contribution in [0.2, 0.25) is 0 Å². The van der Waals surface area contributed by atoms with E-state index in [0.717, 1.165) is 25.1 Å². The number of rotatable bonds is 6. The lowest BCUT2D eigenvalue weighted by Crippen LogP contribution is -2.28. The molecular weight excluding hydrogens is 215 g/mol. The summed E-state index contributed by atoms with van der Waals surface area (Å²) in [5.41, 5.74) is 7.67. The fourth-order valence-electron chi connectivity index (χ4n) is 1.58.